The van der Waals surface area contributed by atoms with Gasteiger partial charge in [-0.3, -0.25) is 33.6 Å². The van der Waals surface area contributed by atoms with Crippen LogP contribution in [0.4, 0.5) is 17.6 Å². The van der Waals surface area contributed by atoms with E-state index in [2.05, 4.69) is 21.3 Å². The molecule has 0 radical (unpaired) electrons. The Balaban J connectivity index is 1.60. The van der Waals surface area contributed by atoms with Crippen LogP contribution in [-0.4, -0.2) is 132 Å². The van der Waals surface area contributed by atoms with E-state index in [1.54, 1.807) is 25.1 Å². The van der Waals surface area contributed by atoms with Crippen molar-refractivity contribution in [3.63, 3.8) is 0 Å². The third kappa shape index (κ3) is 11.4. The molecule has 2 aliphatic heterocycles. The third-order valence-electron chi connectivity index (χ3n) is 11.5. The molecular weight excluding hydrogens is 837 g/mol. The first-order valence-electron chi connectivity index (χ1n) is 20.2. The van der Waals surface area contributed by atoms with E-state index >= 15 is 0 Å². The summed E-state index contributed by atoms with van der Waals surface area (Å²) in [6.45, 7) is 6.14. The average molecular weight is 893 g/mol. The molecule has 2 heterocycles. The van der Waals surface area contributed by atoms with Gasteiger partial charge in [0.05, 0.1) is 6.54 Å². The maximum absolute atomic E-state index is 14.6. The van der Waals surface area contributed by atoms with E-state index in [4.69, 9.17) is 23.2 Å². The standard InChI is InChI=1S/C40H55Cl2F4N7O7/c1-7-27(49-35(57)31-19-25(43)20-53(31)38(60)39(13-14-39)40(44,45)46)36(58)51(5)29-10-8-9-15-47-32(54)22(4)48-34(56)30(18-23-17-24(41)11-12-26(23)42)52(6)37(59)28(16-21(2)3)50-33(29)55/h11-12,17,21-22,25,27-31H,7-10,13-16,18-20H2,1-6H3,(H,47,54)(H,48,56)(H,49,57)(H,50,55)/t22-,25-,27+,28+,29+,30+,31+/m1/s1. The lowest BCUT2D eigenvalue weighted by molar-refractivity contribution is -0.199. The summed E-state index contributed by atoms with van der Waals surface area (Å²) in [6.07, 6.45) is -7.48. The monoisotopic (exact) mass is 891 g/mol. The molecule has 2 saturated heterocycles. The topological polar surface area (TPSA) is 177 Å². The van der Waals surface area contributed by atoms with Crippen molar-refractivity contribution in [1.82, 2.24) is 36.0 Å². The van der Waals surface area contributed by atoms with Crippen molar-refractivity contribution in [1.29, 1.82) is 0 Å². The number of nitrogens with one attached hydrogen (secondary N) is 4. The summed E-state index contributed by atoms with van der Waals surface area (Å²) in [5.74, 6) is -5.83. The van der Waals surface area contributed by atoms with Gasteiger partial charge in [-0.05, 0) is 81.5 Å². The highest BCUT2D eigenvalue weighted by Gasteiger charge is 2.70. The van der Waals surface area contributed by atoms with Crippen LogP contribution in [0.3, 0.4) is 0 Å². The Morgan fingerprint density at radius 1 is 1.03 bits per heavy atom. The summed E-state index contributed by atoms with van der Waals surface area (Å²) in [5.41, 5.74) is -2.22. The van der Waals surface area contributed by atoms with Gasteiger partial charge in [0.2, 0.25) is 41.4 Å². The van der Waals surface area contributed by atoms with Crippen LogP contribution in [0.25, 0.3) is 0 Å². The molecule has 3 aliphatic rings. The number of likely N-dealkylation sites (N-methyl/N-ethyl adjacent to an activating group) is 2. The fraction of sp³-hybridized carbons (Fsp3) is 0.675. The van der Waals surface area contributed by atoms with E-state index in [9.17, 15) is 51.1 Å². The molecule has 0 aromatic heterocycles. The molecular formula is C40H55Cl2F4N7O7. The molecule has 1 aliphatic carbocycles. The van der Waals surface area contributed by atoms with Crippen LogP contribution in [0.15, 0.2) is 18.2 Å². The number of nitrogens with zero attached hydrogens (tertiary/aromatic N) is 3. The van der Waals surface area contributed by atoms with Crippen LogP contribution < -0.4 is 21.3 Å². The van der Waals surface area contributed by atoms with E-state index in [0.717, 1.165) is 4.90 Å². The lowest BCUT2D eigenvalue weighted by Crippen LogP contribution is -2.60. The number of carbonyl (C=O) groups excluding carboxylic acids is 7. The van der Waals surface area contributed by atoms with E-state index < -0.39 is 121 Å². The Morgan fingerprint density at radius 2 is 1.70 bits per heavy atom. The Labute approximate surface area is 357 Å². The van der Waals surface area contributed by atoms with E-state index in [1.807, 2.05) is 13.8 Å². The van der Waals surface area contributed by atoms with Crippen LogP contribution in [0, 0.1) is 11.3 Å². The average Bonchev–Trinajstić information content (AvgIpc) is 3.92. The molecule has 0 unspecified atom stereocenters. The zero-order valence-electron chi connectivity index (χ0n) is 34.6. The van der Waals surface area contributed by atoms with E-state index in [1.165, 1.54) is 25.9 Å². The number of likely N-dealkylation sites (tertiary alicyclic amines) is 1. The highest BCUT2D eigenvalue weighted by atomic mass is 35.5. The van der Waals surface area contributed by atoms with Crippen molar-refractivity contribution in [3.8, 4) is 0 Å². The van der Waals surface area contributed by atoms with Crippen LogP contribution >= 0.6 is 23.2 Å². The molecule has 1 aromatic carbocycles. The Morgan fingerprint density at radius 3 is 2.30 bits per heavy atom. The van der Waals surface area contributed by atoms with Gasteiger partial charge in [-0.25, -0.2) is 4.39 Å². The van der Waals surface area contributed by atoms with Gasteiger partial charge in [-0.15, -0.1) is 0 Å². The highest BCUT2D eigenvalue weighted by molar-refractivity contribution is 6.33. The van der Waals surface area contributed by atoms with Crippen molar-refractivity contribution < 1.29 is 51.1 Å². The lowest BCUT2D eigenvalue weighted by Gasteiger charge is -2.35. The van der Waals surface area contributed by atoms with Gasteiger partial charge in [0, 0.05) is 43.5 Å². The molecule has 20 heteroatoms. The van der Waals surface area contributed by atoms with Crippen molar-refractivity contribution in [2.75, 3.05) is 27.2 Å². The number of carbonyl (C=O) groups is 7. The van der Waals surface area contributed by atoms with Gasteiger partial charge in [0.15, 0.2) is 0 Å². The second-order valence-corrected chi connectivity index (χ2v) is 17.3. The number of alkyl halides is 4. The number of amides is 7. The lowest BCUT2D eigenvalue weighted by atomic mass is 9.98. The van der Waals surface area contributed by atoms with Gasteiger partial charge >= 0.3 is 6.18 Å². The predicted molar refractivity (Wildman–Crippen MR) is 214 cm³/mol. The predicted octanol–water partition coefficient (Wildman–Crippen LogP) is 3.70. The molecule has 0 spiro atoms. The normalized spacial score (nSPS) is 26.2. The number of halogens is 6. The second kappa shape index (κ2) is 20.1. The first kappa shape index (κ1) is 48.5. The quantitative estimate of drug-likeness (QED) is 0.259. The first-order valence-corrected chi connectivity index (χ1v) is 21.0. The highest BCUT2D eigenvalue weighted by Crippen LogP contribution is 2.59. The number of benzene rings is 1. The van der Waals surface area contributed by atoms with Gasteiger partial charge in [-0.2, -0.15) is 13.2 Å². The molecule has 0 bridgehead atoms. The van der Waals surface area contributed by atoms with Gasteiger partial charge < -0.3 is 36.0 Å². The van der Waals surface area contributed by atoms with Crippen LogP contribution in [0.5, 0.6) is 0 Å². The van der Waals surface area contributed by atoms with Crippen molar-refractivity contribution in [2.24, 2.45) is 11.3 Å². The zero-order valence-corrected chi connectivity index (χ0v) is 36.1. The minimum Gasteiger partial charge on any atom is -0.354 e. The fourth-order valence-corrected chi connectivity index (χ4v) is 8.05. The van der Waals surface area contributed by atoms with E-state index in [0.29, 0.717) is 28.3 Å². The zero-order chi connectivity index (χ0) is 44.9. The summed E-state index contributed by atoms with van der Waals surface area (Å²) >= 11 is 12.7. The minimum atomic E-state index is -4.88. The summed E-state index contributed by atoms with van der Waals surface area (Å²) in [4.78, 5) is 99.1. The maximum atomic E-state index is 14.6. The summed E-state index contributed by atoms with van der Waals surface area (Å²) in [7, 11) is 2.71. The molecule has 4 rings (SSSR count). The van der Waals surface area contributed by atoms with Gasteiger partial charge in [-0.1, -0.05) is 44.0 Å². The largest absolute Gasteiger partial charge is 0.403 e. The second-order valence-electron chi connectivity index (χ2n) is 16.4. The summed E-state index contributed by atoms with van der Waals surface area (Å²) in [5, 5.41) is 11.3. The molecule has 60 heavy (non-hydrogen) atoms. The third-order valence-corrected chi connectivity index (χ3v) is 12.1. The SMILES string of the molecule is CC[C@H](NC(=O)[C@@H]1C[C@@H](F)CN1C(=O)C1(C(F)(F)F)CC1)C(=O)N(C)[C@H]1CCCCNC(=O)[C@@H](C)NC(=O)[C@H](Cc2cc(Cl)ccc2Cl)N(C)C(=O)[C@H](CC(C)C)NC1=O. The Kier molecular flexibility index (Phi) is 16.3. The fourth-order valence-electron chi connectivity index (χ4n) is 7.66. The molecule has 3 fully saturated rings. The molecule has 334 valence electrons. The van der Waals surface area contributed by atoms with Crippen molar-refractivity contribution >= 4 is 64.6 Å². The maximum Gasteiger partial charge on any atom is 0.403 e. The molecule has 7 amide bonds. The number of hydrogen-bond acceptors (Lipinski definition) is 7. The summed E-state index contributed by atoms with van der Waals surface area (Å²) < 4.78 is 56.1. The first-order chi connectivity index (χ1) is 28.0. The minimum absolute atomic E-state index is 0.0426. The van der Waals surface area contributed by atoms with Crippen molar-refractivity contribution in [3.05, 3.63) is 33.8 Å². The van der Waals surface area contributed by atoms with Gasteiger partial charge in [0.1, 0.15) is 47.8 Å². The molecule has 1 aromatic rings. The molecule has 14 nitrogen and oxygen atoms in total. The van der Waals surface area contributed by atoms with Crippen LogP contribution in [0.2, 0.25) is 10.0 Å². The number of rotatable bonds is 10. The van der Waals surface area contributed by atoms with Crippen LogP contribution in [-0.2, 0) is 40.0 Å². The van der Waals surface area contributed by atoms with E-state index in [-0.39, 0.29) is 43.2 Å². The smallest absolute Gasteiger partial charge is 0.354 e. The van der Waals surface area contributed by atoms with Gasteiger partial charge in [0.25, 0.3) is 0 Å². The molecule has 4 N–H and O–H groups in total. The Bertz CT molecular complexity index is 1800. The molecule has 7 atom stereocenters. The molecule has 1 saturated carbocycles. The summed E-state index contributed by atoms with van der Waals surface area (Å²) in [6, 6.07) is -2.91. The van der Waals surface area contributed by atoms with Crippen molar-refractivity contribution in [2.45, 2.75) is 134 Å². The number of hydrogen-bond donors (Lipinski definition) is 4. The van der Waals surface area contributed by atoms with Crippen LogP contribution in [0.1, 0.15) is 84.6 Å². The Hall–Kier alpha value is -4.19.